The fraction of sp³-hybridized carbons (Fsp3) is 0.429. The first-order valence-electron chi connectivity index (χ1n) is 12.4. The van der Waals surface area contributed by atoms with Crippen LogP contribution in [0, 0.1) is 5.41 Å². The van der Waals surface area contributed by atoms with Crippen LogP contribution in [0.1, 0.15) is 74.8 Å². The fourth-order valence-corrected chi connectivity index (χ4v) is 5.78. The number of carbonyl (C=O) groups excluding carboxylic acids is 2. The first kappa shape index (κ1) is 26.4. The number of fused-ring (bicyclic) bond motifs is 1. The monoisotopic (exact) mass is 525 g/mol. The van der Waals surface area contributed by atoms with Crippen LogP contribution in [0.15, 0.2) is 52.4 Å². The van der Waals surface area contributed by atoms with Gasteiger partial charge in [0, 0.05) is 28.6 Å². The van der Waals surface area contributed by atoms with Gasteiger partial charge < -0.3 is 5.32 Å². The Morgan fingerprint density at radius 3 is 2.53 bits per heavy atom. The van der Waals surface area contributed by atoms with Crippen molar-refractivity contribution in [3.05, 3.63) is 69.0 Å². The quantitative estimate of drug-likeness (QED) is 0.294. The summed E-state index contributed by atoms with van der Waals surface area (Å²) in [6, 6.07) is 12.4. The summed E-state index contributed by atoms with van der Waals surface area (Å²) in [5.74, 6) is 0.0727. The number of hydrogen-bond acceptors (Lipinski definition) is 5. The molecule has 2 aromatic carbocycles. The summed E-state index contributed by atoms with van der Waals surface area (Å²) in [6.45, 7) is 5.98. The highest BCUT2D eigenvalue weighted by atomic mass is 35.5. The van der Waals surface area contributed by atoms with Gasteiger partial charge in [-0.1, -0.05) is 81.6 Å². The molecule has 1 heterocycles. The van der Waals surface area contributed by atoms with E-state index in [0.29, 0.717) is 33.2 Å². The van der Waals surface area contributed by atoms with Crippen LogP contribution in [0.25, 0.3) is 10.9 Å². The number of nitrogens with zero attached hydrogens (tertiary/aromatic N) is 2. The Morgan fingerprint density at radius 1 is 1.11 bits per heavy atom. The molecular formula is C28H32ClN3O3S. The predicted molar refractivity (Wildman–Crippen MR) is 146 cm³/mol. The van der Waals surface area contributed by atoms with Gasteiger partial charge in [0.2, 0.25) is 0 Å². The maximum atomic E-state index is 13.6. The topological polar surface area (TPSA) is 81.1 Å². The molecule has 0 bridgehead atoms. The lowest BCUT2D eigenvalue weighted by Gasteiger charge is -2.26. The third-order valence-corrected chi connectivity index (χ3v) is 7.96. The van der Waals surface area contributed by atoms with Crippen molar-refractivity contribution in [3.63, 3.8) is 0 Å². The molecule has 0 radical (unpaired) electrons. The van der Waals surface area contributed by atoms with Gasteiger partial charge >= 0.3 is 0 Å². The van der Waals surface area contributed by atoms with E-state index in [9.17, 15) is 14.4 Å². The molecule has 190 valence electrons. The lowest BCUT2D eigenvalue weighted by molar-refractivity contribution is -0.123. The van der Waals surface area contributed by atoms with Gasteiger partial charge in [0.1, 0.15) is 5.78 Å². The molecule has 1 fully saturated rings. The molecule has 6 nitrogen and oxygen atoms in total. The lowest BCUT2D eigenvalue weighted by Crippen LogP contribution is -2.30. The molecule has 0 unspecified atom stereocenters. The minimum Gasteiger partial charge on any atom is -0.348 e. The number of benzene rings is 2. The van der Waals surface area contributed by atoms with E-state index in [2.05, 4.69) is 5.32 Å². The second kappa shape index (κ2) is 11.2. The molecule has 0 aliphatic heterocycles. The molecule has 1 aliphatic carbocycles. The number of ketones is 1. The van der Waals surface area contributed by atoms with E-state index in [1.165, 1.54) is 18.2 Å². The standard InChI is InChI=1S/C28H32ClN3O3S/c1-28(2,3)24(33)17-36-27-31-23-15-18(25(34)30-16-19-9-7-8-12-22(19)29)13-14-21(23)26(35)32(27)20-10-5-4-6-11-20/h7-9,12-15,20H,4-6,10-11,16-17H2,1-3H3,(H,30,34). The van der Waals surface area contributed by atoms with Crippen molar-refractivity contribution >= 4 is 46.0 Å². The number of nitrogens with one attached hydrogen (secondary N) is 1. The average Bonchev–Trinajstić information content (AvgIpc) is 2.86. The summed E-state index contributed by atoms with van der Waals surface area (Å²) in [4.78, 5) is 43.9. The van der Waals surface area contributed by atoms with Crippen molar-refractivity contribution in [2.24, 2.45) is 5.41 Å². The summed E-state index contributed by atoms with van der Waals surface area (Å²) in [6.07, 6.45) is 5.17. The van der Waals surface area contributed by atoms with Crippen molar-refractivity contribution in [1.82, 2.24) is 14.9 Å². The Hall–Kier alpha value is -2.64. The third-order valence-electron chi connectivity index (χ3n) is 6.64. The molecular weight excluding hydrogens is 494 g/mol. The number of hydrogen-bond donors (Lipinski definition) is 1. The maximum Gasteiger partial charge on any atom is 0.262 e. The van der Waals surface area contributed by atoms with Gasteiger partial charge in [-0.05, 0) is 42.7 Å². The normalized spacial score (nSPS) is 14.7. The van der Waals surface area contributed by atoms with Gasteiger partial charge in [0.25, 0.3) is 11.5 Å². The van der Waals surface area contributed by atoms with Crippen molar-refractivity contribution in [1.29, 1.82) is 0 Å². The molecule has 1 amide bonds. The van der Waals surface area contributed by atoms with Crippen LogP contribution in [-0.4, -0.2) is 27.0 Å². The largest absolute Gasteiger partial charge is 0.348 e. The molecule has 1 aliphatic rings. The number of amides is 1. The molecule has 1 aromatic heterocycles. The minimum absolute atomic E-state index is 0.0778. The second-order valence-corrected chi connectivity index (χ2v) is 11.7. The van der Waals surface area contributed by atoms with Crippen LogP contribution in [-0.2, 0) is 11.3 Å². The van der Waals surface area contributed by atoms with Crippen LogP contribution in [0.5, 0.6) is 0 Å². The number of carbonyl (C=O) groups is 2. The van der Waals surface area contributed by atoms with Crippen LogP contribution in [0.2, 0.25) is 5.02 Å². The maximum absolute atomic E-state index is 13.6. The van der Waals surface area contributed by atoms with Gasteiger partial charge in [0.15, 0.2) is 5.16 Å². The zero-order valence-corrected chi connectivity index (χ0v) is 22.5. The van der Waals surface area contributed by atoms with Crippen LogP contribution < -0.4 is 10.9 Å². The minimum atomic E-state index is -0.466. The summed E-state index contributed by atoms with van der Waals surface area (Å²) < 4.78 is 1.79. The molecule has 0 spiro atoms. The van der Waals surface area contributed by atoms with E-state index in [0.717, 1.165) is 31.2 Å². The van der Waals surface area contributed by atoms with E-state index < -0.39 is 5.41 Å². The number of aromatic nitrogens is 2. The first-order chi connectivity index (χ1) is 17.1. The zero-order chi connectivity index (χ0) is 25.9. The van der Waals surface area contributed by atoms with E-state index in [1.807, 2.05) is 39.0 Å². The Morgan fingerprint density at radius 2 is 1.83 bits per heavy atom. The van der Waals surface area contributed by atoms with Crippen molar-refractivity contribution in [3.8, 4) is 0 Å². The Bertz CT molecular complexity index is 1340. The summed E-state index contributed by atoms with van der Waals surface area (Å²) >= 11 is 7.52. The van der Waals surface area contributed by atoms with E-state index >= 15 is 0 Å². The average molecular weight is 526 g/mol. The van der Waals surface area contributed by atoms with Gasteiger partial charge in [-0.3, -0.25) is 19.0 Å². The van der Waals surface area contributed by atoms with Gasteiger partial charge in [0.05, 0.1) is 16.7 Å². The number of halogens is 1. The number of rotatable bonds is 7. The molecule has 1 saturated carbocycles. The van der Waals surface area contributed by atoms with Gasteiger partial charge in [-0.15, -0.1) is 0 Å². The fourth-order valence-electron chi connectivity index (χ4n) is 4.35. The van der Waals surface area contributed by atoms with Crippen LogP contribution in [0.4, 0.5) is 0 Å². The molecule has 1 N–H and O–H groups in total. The molecule has 4 rings (SSSR count). The highest BCUT2D eigenvalue weighted by molar-refractivity contribution is 7.99. The summed E-state index contributed by atoms with van der Waals surface area (Å²) in [5, 5.41) is 4.50. The van der Waals surface area contributed by atoms with E-state index in [1.54, 1.807) is 28.8 Å². The zero-order valence-electron chi connectivity index (χ0n) is 21.0. The summed E-state index contributed by atoms with van der Waals surface area (Å²) in [7, 11) is 0. The van der Waals surface area contributed by atoms with E-state index in [-0.39, 0.29) is 29.0 Å². The van der Waals surface area contributed by atoms with Crippen LogP contribution >= 0.6 is 23.4 Å². The first-order valence-corrected chi connectivity index (χ1v) is 13.8. The lowest BCUT2D eigenvalue weighted by atomic mass is 9.92. The predicted octanol–water partition coefficient (Wildman–Crippen LogP) is 6.19. The van der Waals surface area contributed by atoms with Gasteiger partial charge in [-0.2, -0.15) is 0 Å². The Kier molecular flexibility index (Phi) is 8.20. The Balaban J connectivity index is 1.66. The highest BCUT2D eigenvalue weighted by Gasteiger charge is 2.25. The molecule has 8 heteroatoms. The van der Waals surface area contributed by atoms with Crippen molar-refractivity contribution in [2.45, 2.75) is 70.6 Å². The van der Waals surface area contributed by atoms with Crippen molar-refractivity contribution in [2.75, 3.05) is 5.75 Å². The SMILES string of the molecule is CC(C)(C)C(=O)CSc1nc2cc(C(=O)NCc3ccccc3Cl)ccc2c(=O)n1C1CCCCC1. The molecule has 3 aromatic rings. The number of thioether (sulfide) groups is 1. The molecule has 0 atom stereocenters. The summed E-state index contributed by atoms with van der Waals surface area (Å²) in [5.41, 5.74) is 1.12. The molecule has 0 saturated heterocycles. The molecule has 36 heavy (non-hydrogen) atoms. The van der Waals surface area contributed by atoms with Crippen LogP contribution in [0.3, 0.4) is 0 Å². The highest BCUT2D eigenvalue weighted by Crippen LogP contribution is 2.32. The second-order valence-electron chi connectivity index (χ2n) is 10.3. The number of Topliss-reactive ketones (excluding diaryl/α,β-unsaturated/α-hetero) is 1. The Labute approximate surface area is 220 Å². The smallest absolute Gasteiger partial charge is 0.262 e. The third kappa shape index (κ3) is 6.01. The van der Waals surface area contributed by atoms with E-state index in [4.69, 9.17) is 16.6 Å². The van der Waals surface area contributed by atoms with Crippen molar-refractivity contribution < 1.29 is 9.59 Å². The van der Waals surface area contributed by atoms with Gasteiger partial charge in [-0.25, -0.2) is 4.98 Å².